The summed E-state index contributed by atoms with van der Waals surface area (Å²) >= 11 is 0. The Labute approximate surface area is 141 Å². The molecule has 2 aliphatic carbocycles. The summed E-state index contributed by atoms with van der Waals surface area (Å²) in [4.78, 5) is 19.5. The molecule has 124 valence electrons. The zero-order chi connectivity index (χ0) is 16.1. The van der Waals surface area contributed by atoms with Crippen LogP contribution in [0.2, 0.25) is 0 Å². The van der Waals surface area contributed by atoms with Crippen LogP contribution in [-0.4, -0.2) is 27.5 Å². The summed E-state index contributed by atoms with van der Waals surface area (Å²) in [5, 5.41) is 4.17. The molecule has 2 heterocycles. The maximum atomic E-state index is 13.0. The van der Waals surface area contributed by atoms with Crippen LogP contribution < -0.4 is 0 Å². The van der Waals surface area contributed by atoms with Gasteiger partial charge < -0.3 is 9.42 Å². The molecule has 1 aromatic heterocycles. The first-order valence-corrected chi connectivity index (χ1v) is 9.00. The summed E-state index contributed by atoms with van der Waals surface area (Å²) in [5.74, 6) is 2.71. The number of hydrogen-bond donors (Lipinski definition) is 0. The molecule has 3 aliphatic rings. The number of carbonyl (C=O) groups is 1. The number of aromatic nitrogens is 2. The van der Waals surface area contributed by atoms with Crippen molar-refractivity contribution in [2.24, 2.45) is 5.92 Å². The Bertz CT molecular complexity index is 753. The maximum Gasteiger partial charge on any atom is 0.229 e. The largest absolute Gasteiger partial charge is 0.339 e. The van der Waals surface area contributed by atoms with Gasteiger partial charge in [0.2, 0.25) is 11.8 Å². The van der Waals surface area contributed by atoms with Crippen LogP contribution in [0.4, 0.5) is 0 Å². The minimum absolute atomic E-state index is 0.00535. The van der Waals surface area contributed by atoms with Crippen LogP contribution in [-0.2, 0) is 4.79 Å². The lowest BCUT2D eigenvalue weighted by Crippen LogP contribution is -2.32. The minimum Gasteiger partial charge on any atom is -0.339 e. The molecule has 1 aromatic carbocycles. The molecule has 5 nitrogen and oxygen atoms in total. The monoisotopic (exact) mass is 323 g/mol. The standard InChI is InChI=1S/C19H21N3O2/c23-19(15-11-14(15)12-5-2-1-3-6-12)22-10-4-7-16(22)17-20-18(24-21-17)13-8-9-13/h1-3,5-6,13-16H,4,7-11H2. The SMILES string of the molecule is O=C(C1CC1c1ccccc1)N1CCCC1c1noc(C2CC2)n1. The quantitative estimate of drug-likeness (QED) is 0.865. The summed E-state index contributed by atoms with van der Waals surface area (Å²) in [6.45, 7) is 0.814. The van der Waals surface area contributed by atoms with E-state index in [1.807, 2.05) is 23.1 Å². The second-order valence-corrected chi connectivity index (χ2v) is 7.31. The molecule has 2 saturated carbocycles. The highest BCUT2D eigenvalue weighted by Crippen LogP contribution is 2.50. The van der Waals surface area contributed by atoms with Gasteiger partial charge in [0.1, 0.15) is 0 Å². The van der Waals surface area contributed by atoms with E-state index >= 15 is 0 Å². The van der Waals surface area contributed by atoms with Gasteiger partial charge in [-0.1, -0.05) is 35.5 Å². The Balaban J connectivity index is 1.31. The lowest BCUT2D eigenvalue weighted by molar-refractivity contribution is -0.133. The fourth-order valence-corrected chi connectivity index (χ4v) is 3.93. The van der Waals surface area contributed by atoms with Gasteiger partial charge in [0.25, 0.3) is 0 Å². The van der Waals surface area contributed by atoms with E-state index in [0.717, 1.165) is 44.5 Å². The molecule has 0 N–H and O–H groups in total. The Kier molecular flexibility index (Phi) is 3.21. The fraction of sp³-hybridized carbons (Fsp3) is 0.526. The van der Waals surface area contributed by atoms with Crippen molar-refractivity contribution in [1.82, 2.24) is 15.0 Å². The van der Waals surface area contributed by atoms with E-state index in [-0.39, 0.29) is 17.9 Å². The van der Waals surface area contributed by atoms with Crippen molar-refractivity contribution in [3.05, 3.63) is 47.6 Å². The van der Waals surface area contributed by atoms with Gasteiger partial charge >= 0.3 is 0 Å². The van der Waals surface area contributed by atoms with Crippen molar-refractivity contribution in [2.75, 3.05) is 6.54 Å². The third-order valence-electron chi connectivity index (χ3n) is 5.55. The summed E-state index contributed by atoms with van der Waals surface area (Å²) < 4.78 is 5.40. The Morgan fingerprint density at radius 1 is 1.17 bits per heavy atom. The number of benzene rings is 1. The normalized spacial score (nSPS) is 29.0. The molecule has 2 aromatic rings. The summed E-state index contributed by atoms with van der Waals surface area (Å²) in [5.41, 5.74) is 1.28. The molecular formula is C19H21N3O2. The van der Waals surface area contributed by atoms with Crippen molar-refractivity contribution in [2.45, 2.75) is 50.0 Å². The molecule has 0 spiro atoms. The molecule has 5 rings (SSSR count). The fourth-order valence-electron chi connectivity index (χ4n) is 3.93. The van der Waals surface area contributed by atoms with Crippen molar-refractivity contribution in [1.29, 1.82) is 0 Å². The molecule has 0 bridgehead atoms. The van der Waals surface area contributed by atoms with Gasteiger partial charge in [-0.3, -0.25) is 4.79 Å². The Morgan fingerprint density at radius 3 is 2.79 bits per heavy atom. The highest BCUT2D eigenvalue weighted by Gasteiger charge is 2.48. The van der Waals surface area contributed by atoms with E-state index in [4.69, 9.17) is 4.52 Å². The van der Waals surface area contributed by atoms with Gasteiger partial charge in [-0.05, 0) is 43.6 Å². The Morgan fingerprint density at radius 2 is 2.00 bits per heavy atom. The van der Waals surface area contributed by atoms with Gasteiger partial charge in [0.15, 0.2) is 5.82 Å². The maximum absolute atomic E-state index is 13.0. The summed E-state index contributed by atoms with van der Waals surface area (Å²) in [7, 11) is 0. The van der Waals surface area contributed by atoms with Gasteiger partial charge in [-0.2, -0.15) is 4.98 Å². The second-order valence-electron chi connectivity index (χ2n) is 7.31. The third kappa shape index (κ3) is 2.43. The third-order valence-corrected chi connectivity index (χ3v) is 5.55. The van der Waals surface area contributed by atoms with E-state index < -0.39 is 0 Å². The first kappa shape index (κ1) is 14.2. The molecule has 5 heteroatoms. The highest BCUT2D eigenvalue weighted by atomic mass is 16.5. The average Bonchev–Trinajstić information content (AvgIpc) is 3.52. The average molecular weight is 323 g/mol. The van der Waals surface area contributed by atoms with E-state index in [0.29, 0.717) is 17.7 Å². The molecule has 3 unspecified atom stereocenters. The van der Waals surface area contributed by atoms with Crippen LogP contribution in [0.25, 0.3) is 0 Å². The van der Waals surface area contributed by atoms with E-state index in [1.165, 1.54) is 5.56 Å². The van der Waals surface area contributed by atoms with Gasteiger partial charge in [-0.15, -0.1) is 0 Å². The van der Waals surface area contributed by atoms with Crippen molar-refractivity contribution < 1.29 is 9.32 Å². The lowest BCUT2D eigenvalue weighted by atomic mass is 10.1. The van der Waals surface area contributed by atoms with Gasteiger partial charge in [0, 0.05) is 18.4 Å². The van der Waals surface area contributed by atoms with Gasteiger partial charge in [-0.25, -0.2) is 0 Å². The van der Waals surface area contributed by atoms with E-state index in [9.17, 15) is 4.79 Å². The lowest BCUT2D eigenvalue weighted by Gasteiger charge is -2.22. The molecule has 24 heavy (non-hydrogen) atoms. The van der Waals surface area contributed by atoms with E-state index in [2.05, 4.69) is 22.3 Å². The van der Waals surface area contributed by atoms with Crippen LogP contribution in [0.1, 0.15) is 67.3 Å². The van der Waals surface area contributed by atoms with Crippen LogP contribution >= 0.6 is 0 Å². The minimum atomic E-state index is 0.00535. The van der Waals surface area contributed by atoms with Crippen molar-refractivity contribution in [3.8, 4) is 0 Å². The number of likely N-dealkylation sites (tertiary alicyclic amines) is 1. The molecule has 0 radical (unpaired) electrons. The molecule has 1 amide bonds. The first-order valence-electron chi connectivity index (χ1n) is 9.00. The first-order chi connectivity index (χ1) is 11.8. The zero-order valence-electron chi connectivity index (χ0n) is 13.6. The molecule has 1 aliphatic heterocycles. The number of hydrogen-bond acceptors (Lipinski definition) is 4. The number of carbonyl (C=O) groups excluding carboxylic acids is 1. The van der Waals surface area contributed by atoms with Gasteiger partial charge in [0.05, 0.1) is 6.04 Å². The highest BCUT2D eigenvalue weighted by molar-refractivity contribution is 5.83. The second kappa shape index (κ2) is 5.43. The predicted octanol–water partition coefficient (Wildman–Crippen LogP) is 3.41. The number of nitrogens with zero attached hydrogens (tertiary/aromatic N) is 3. The molecular weight excluding hydrogens is 302 g/mol. The Hall–Kier alpha value is -2.17. The summed E-state index contributed by atoms with van der Waals surface area (Å²) in [6, 6.07) is 10.4. The van der Waals surface area contributed by atoms with Crippen LogP contribution in [0.3, 0.4) is 0 Å². The van der Waals surface area contributed by atoms with Crippen LogP contribution in [0.15, 0.2) is 34.9 Å². The topological polar surface area (TPSA) is 59.2 Å². The van der Waals surface area contributed by atoms with Crippen molar-refractivity contribution in [3.63, 3.8) is 0 Å². The van der Waals surface area contributed by atoms with E-state index in [1.54, 1.807) is 0 Å². The zero-order valence-corrected chi connectivity index (χ0v) is 13.6. The smallest absolute Gasteiger partial charge is 0.229 e. The predicted molar refractivity (Wildman–Crippen MR) is 87.3 cm³/mol. The molecule has 1 saturated heterocycles. The number of rotatable bonds is 4. The molecule has 3 atom stereocenters. The van der Waals surface area contributed by atoms with Crippen LogP contribution in [0.5, 0.6) is 0 Å². The number of amides is 1. The van der Waals surface area contributed by atoms with Crippen LogP contribution in [0, 0.1) is 5.92 Å². The molecule has 3 fully saturated rings. The van der Waals surface area contributed by atoms with Crippen molar-refractivity contribution >= 4 is 5.91 Å². The summed E-state index contributed by atoms with van der Waals surface area (Å²) in [6.07, 6.45) is 5.22.